The molecule has 88 valence electrons. The Labute approximate surface area is 93.7 Å². The first-order valence-electron chi connectivity index (χ1n) is 6.16. The Bertz CT molecular complexity index is 260. The van der Waals surface area contributed by atoms with Crippen molar-refractivity contribution in [3.05, 3.63) is 0 Å². The predicted molar refractivity (Wildman–Crippen MR) is 62.8 cm³/mol. The van der Waals surface area contributed by atoms with E-state index in [4.69, 9.17) is 0 Å². The van der Waals surface area contributed by atoms with Crippen molar-refractivity contribution in [2.45, 2.75) is 71.1 Å². The third-order valence-corrected chi connectivity index (χ3v) is 4.39. The van der Waals surface area contributed by atoms with Crippen LogP contribution in [0.15, 0.2) is 0 Å². The topological polar surface area (TPSA) is 23.5 Å². The van der Waals surface area contributed by atoms with Gasteiger partial charge in [-0.15, -0.1) is 0 Å². The first-order valence-corrected chi connectivity index (χ1v) is 6.16. The molecule has 0 radical (unpaired) electrons. The zero-order valence-corrected chi connectivity index (χ0v) is 10.8. The summed E-state index contributed by atoms with van der Waals surface area (Å²) >= 11 is 0. The molecule has 0 aromatic rings. The van der Waals surface area contributed by atoms with E-state index in [-0.39, 0.29) is 5.41 Å². The molecule has 2 heteroatoms. The van der Waals surface area contributed by atoms with Crippen molar-refractivity contribution in [1.82, 2.24) is 4.90 Å². The van der Waals surface area contributed by atoms with E-state index in [2.05, 4.69) is 25.7 Å². The molecule has 0 spiro atoms. The van der Waals surface area contributed by atoms with E-state index in [0.717, 1.165) is 6.54 Å². The fraction of sp³-hybridized carbons (Fsp3) is 1.00. The van der Waals surface area contributed by atoms with E-state index < -0.39 is 5.60 Å². The monoisotopic (exact) mass is 211 g/mol. The Kier molecular flexibility index (Phi) is 2.27. The molecule has 0 aromatic heterocycles. The smallest absolute Gasteiger partial charge is 0.0751 e. The van der Waals surface area contributed by atoms with E-state index in [1.54, 1.807) is 0 Å². The van der Waals surface area contributed by atoms with Gasteiger partial charge in [0.05, 0.1) is 5.60 Å². The Balaban J connectivity index is 2.27. The Hall–Kier alpha value is -0.0800. The molecular weight excluding hydrogens is 186 g/mol. The highest BCUT2D eigenvalue weighted by atomic mass is 16.3. The van der Waals surface area contributed by atoms with E-state index in [1.165, 1.54) is 19.3 Å². The third kappa shape index (κ3) is 1.83. The third-order valence-electron chi connectivity index (χ3n) is 4.39. The van der Waals surface area contributed by atoms with Gasteiger partial charge >= 0.3 is 0 Å². The van der Waals surface area contributed by atoms with Crippen LogP contribution in [0.4, 0.5) is 0 Å². The Morgan fingerprint density at radius 2 is 1.67 bits per heavy atom. The van der Waals surface area contributed by atoms with Gasteiger partial charge in [-0.1, -0.05) is 13.8 Å². The van der Waals surface area contributed by atoms with Crippen molar-refractivity contribution < 1.29 is 5.11 Å². The normalized spacial score (nSPS) is 34.4. The van der Waals surface area contributed by atoms with E-state index in [1.807, 2.05) is 13.8 Å². The molecule has 1 unspecified atom stereocenters. The van der Waals surface area contributed by atoms with Crippen LogP contribution in [0.1, 0.15) is 53.9 Å². The SMILES string of the molecule is CC(C)(O)C1N(C2(C)CC2)CCC1(C)C. The summed E-state index contributed by atoms with van der Waals surface area (Å²) in [6, 6.07) is 0.303. The van der Waals surface area contributed by atoms with Gasteiger partial charge in [-0.3, -0.25) is 4.90 Å². The maximum atomic E-state index is 10.4. The standard InChI is InChI=1S/C13H25NO/c1-11(2)8-9-14(13(5)6-7-13)10(11)12(3,4)15/h10,15H,6-9H2,1-5H3. The second-order valence-electron chi connectivity index (χ2n) is 6.99. The van der Waals surface area contributed by atoms with Gasteiger partial charge < -0.3 is 5.11 Å². The van der Waals surface area contributed by atoms with Crippen LogP contribution in [0.25, 0.3) is 0 Å². The molecule has 1 aliphatic heterocycles. The lowest BCUT2D eigenvalue weighted by Crippen LogP contribution is -2.55. The minimum Gasteiger partial charge on any atom is -0.389 e. The zero-order valence-electron chi connectivity index (χ0n) is 10.8. The number of hydrogen-bond donors (Lipinski definition) is 1. The lowest BCUT2D eigenvalue weighted by Gasteiger charge is -2.43. The summed E-state index contributed by atoms with van der Waals surface area (Å²) in [6.07, 6.45) is 3.81. The van der Waals surface area contributed by atoms with Gasteiger partial charge in [-0.25, -0.2) is 0 Å². The van der Waals surface area contributed by atoms with Crippen molar-refractivity contribution in [2.75, 3.05) is 6.54 Å². The van der Waals surface area contributed by atoms with Crippen LogP contribution in [0.5, 0.6) is 0 Å². The fourth-order valence-corrected chi connectivity index (χ4v) is 3.48. The minimum absolute atomic E-state index is 0.240. The molecule has 2 rings (SSSR count). The Morgan fingerprint density at radius 1 is 1.13 bits per heavy atom. The summed E-state index contributed by atoms with van der Waals surface area (Å²) in [7, 11) is 0. The van der Waals surface area contributed by atoms with Gasteiger partial charge in [0.1, 0.15) is 0 Å². The van der Waals surface area contributed by atoms with Crippen LogP contribution in [0.2, 0.25) is 0 Å². The molecular formula is C13H25NO. The first-order chi connectivity index (χ1) is 6.67. The largest absolute Gasteiger partial charge is 0.389 e. The Morgan fingerprint density at radius 3 is 2.07 bits per heavy atom. The minimum atomic E-state index is -0.592. The molecule has 1 saturated heterocycles. The quantitative estimate of drug-likeness (QED) is 0.758. The molecule has 1 saturated carbocycles. The van der Waals surface area contributed by atoms with Gasteiger partial charge in [0.2, 0.25) is 0 Å². The first kappa shape index (κ1) is 11.4. The molecule has 1 N–H and O–H groups in total. The number of nitrogens with zero attached hydrogens (tertiary/aromatic N) is 1. The van der Waals surface area contributed by atoms with Gasteiger partial charge in [-0.05, 0) is 52.0 Å². The number of hydrogen-bond acceptors (Lipinski definition) is 2. The van der Waals surface area contributed by atoms with Crippen molar-refractivity contribution in [1.29, 1.82) is 0 Å². The summed E-state index contributed by atoms with van der Waals surface area (Å²) in [5.41, 5.74) is 0.0356. The van der Waals surface area contributed by atoms with Gasteiger partial charge in [-0.2, -0.15) is 0 Å². The lowest BCUT2D eigenvalue weighted by molar-refractivity contribution is -0.0531. The highest BCUT2D eigenvalue weighted by molar-refractivity contribution is 5.11. The van der Waals surface area contributed by atoms with Crippen LogP contribution in [0.3, 0.4) is 0 Å². The number of rotatable bonds is 2. The van der Waals surface area contributed by atoms with Crippen LogP contribution in [0, 0.1) is 5.41 Å². The van der Waals surface area contributed by atoms with Crippen LogP contribution >= 0.6 is 0 Å². The summed E-state index contributed by atoms with van der Waals surface area (Å²) in [5.74, 6) is 0. The summed E-state index contributed by atoms with van der Waals surface area (Å²) in [4.78, 5) is 2.56. The van der Waals surface area contributed by atoms with Crippen LogP contribution in [-0.2, 0) is 0 Å². The maximum absolute atomic E-state index is 10.4. The second-order valence-corrected chi connectivity index (χ2v) is 6.99. The fourth-order valence-electron chi connectivity index (χ4n) is 3.48. The van der Waals surface area contributed by atoms with Gasteiger partial charge in [0.25, 0.3) is 0 Å². The van der Waals surface area contributed by atoms with Crippen molar-refractivity contribution in [3.63, 3.8) is 0 Å². The molecule has 0 amide bonds. The van der Waals surface area contributed by atoms with E-state index in [9.17, 15) is 5.11 Å². The summed E-state index contributed by atoms with van der Waals surface area (Å²) < 4.78 is 0. The molecule has 2 fully saturated rings. The molecule has 1 heterocycles. The van der Waals surface area contributed by atoms with Crippen molar-refractivity contribution >= 4 is 0 Å². The average Bonchev–Trinajstić information content (AvgIpc) is 2.65. The predicted octanol–water partition coefficient (Wildman–Crippen LogP) is 2.41. The van der Waals surface area contributed by atoms with Gasteiger partial charge in [0.15, 0.2) is 0 Å². The molecule has 2 nitrogen and oxygen atoms in total. The highest BCUT2D eigenvalue weighted by Gasteiger charge is 2.56. The summed E-state index contributed by atoms with van der Waals surface area (Å²) in [6.45, 7) is 12.0. The van der Waals surface area contributed by atoms with Crippen LogP contribution < -0.4 is 0 Å². The average molecular weight is 211 g/mol. The molecule has 15 heavy (non-hydrogen) atoms. The zero-order chi connectivity index (χ0) is 11.5. The number of aliphatic hydroxyl groups is 1. The molecule has 0 bridgehead atoms. The van der Waals surface area contributed by atoms with E-state index in [0.29, 0.717) is 11.6 Å². The molecule has 1 aliphatic carbocycles. The number of likely N-dealkylation sites (tertiary alicyclic amines) is 1. The van der Waals surface area contributed by atoms with Crippen molar-refractivity contribution in [3.8, 4) is 0 Å². The lowest BCUT2D eigenvalue weighted by atomic mass is 9.76. The summed E-state index contributed by atoms with van der Waals surface area (Å²) in [5, 5.41) is 10.4. The second kappa shape index (κ2) is 2.98. The van der Waals surface area contributed by atoms with E-state index >= 15 is 0 Å². The van der Waals surface area contributed by atoms with Crippen molar-refractivity contribution in [2.24, 2.45) is 5.41 Å². The van der Waals surface area contributed by atoms with Crippen LogP contribution in [-0.4, -0.2) is 33.7 Å². The van der Waals surface area contributed by atoms with Gasteiger partial charge in [0, 0.05) is 11.6 Å². The highest BCUT2D eigenvalue weighted by Crippen LogP contribution is 2.51. The maximum Gasteiger partial charge on any atom is 0.0751 e. The molecule has 1 atom stereocenters. The molecule has 2 aliphatic rings. The molecule has 0 aromatic carbocycles.